The van der Waals surface area contributed by atoms with Crippen LogP contribution in [0.5, 0.6) is 0 Å². The lowest BCUT2D eigenvalue weighted by Crippen LogP contribution is -2.50. The molecule has 7 heteroatoms. The zero-order valence-electron chi connectivity index (χ0n) is 20.9. The van der Waals surface area contributed by atoms with Gasteiger partial charge in [-0.1, -0.05) is 59.6 Å². The van der Waals surface area contributed by atoms with Gasteiger partial charge in [0.25, 0.3) is 0 Å². The predicted molar refractivity (Wildman–Crippen MR) is 150 cm³/mol. The van der Waals surface area contributed by atoms with Gasteiger partial charge < -0.3 is 5.11 Å². The SMILES string of the molecule is O=C(O)c1ccc2c(c1)CCCC(c1ccc(Cl)cc1Cl)=C2c1ccc(CC2CN(CC(F)CF)C2)cc1. The van der Waals surface area contributed by atoms with Crippen molar-refractivity contribution >= 4 is 40.3 Å². The van der Waals surface area contributed by atoms with Crippen molar-refractivity contribution in [3.63, 3.8) is 0 Å². The molecule has 1 atom stereocenters. The van der Waals surface area contributed by atoms with Gasteiger partial charge in [0.15, 0.2) is 0 Å². The highest BCUT2D eigenvalue weighted by Gasteiger charge is 2.29. The molecule has 2 aliphatic rings. The molecule has 1 saturated heterocycles. The quantitative estimate of drug-likeness (QED) is 0.308. The second kappa shape index (κ2) is 11.6. The fourth-order valence-electron chi connectivity index (χ4n) is 5.68. The lowest BCUT2D eigenvalue weighted by Gasteiger charge is -2.39. The molecule has 1 unspecified atom stereocenters. The molecule has 3 nitrogen and oxygen atoms in total. The summed E-state index contributed by atoms with van der Waals surface area (Å²) in [5, 5.41) is 10.7. The number of allylic oxidation sites excluding steroid dienone is 1. The number of hydrogen-bond acceptors (Lipinski definition) is 2. The first-order valence-corrected chi connectivity index (χ1v) is 13.6. The number of likely N-dealkylation sites (tertiary alicyclic amines) is 1. The molecule has 1 aliphatic heterocycles. The van der Waals surface area contributed by atoms with Crippen LogP contribution in [0.15, 0.2) is 60.7 Å². The van der Waals surface area contributed by atoms with Gasteiger partial charge in [0.05, 0.1) is 5.56 Å². The van der Waals surface area contributed by atoms with E-state index in [4.69, 9.17) is 23.2 Å². The third-order valence-corrected chi connectivity index (χ3v) is 8.02. The van der Waals surface area contributed by atoms with Gasteiger partial charge in [0, 0.05) is 29.7 Å². The number of aromatic carboxylic acids is 1. The minimum absolute atomic E-state index is 0.166. The molecule has 0 bridgehead atoms. The number of aryl methyl sites for hydroxylation is 1. The molecule has 3 aromatic carbocycles. The number of benzene rings is 3. The first kappa shape index (κ1) is 26.9. The zero-order valence-corrected chi connectivity index (χ0v) is 22.4. The van der Waals surface area contributed by atoms with E-state index >= 15 is 0 Å². The van der Waals surface area contributed by atoms with E-state index in [-0.39, 0.29) is 12.1 Å². The van der Waals surface area contributed by atoms with Gasteiger partial charge in [-0.2, -0.15) is 0 Å². The van der Waals surface area contributed by atoms with Crippen LogP contribution in [0.1, 0.15) is 51.0 Å². The van der Waals surface area contributed by atoms with Gasteiger partial charge >= 0.3 is 5.97 Å². The largest absolute Gasteiger partial charge is 0.478 e. The molecule has 0 aromatic heterocycles. The summed E-state index contributed by atoms with van der Waals surface area (Å²) in [4.78, 5) is 13.6. The zero-order chi connectivity index (χ0) is 26.8. The number of carbonyl (C=O) groups is 1. The summed E-state index contributed by atoms with van der Waals surface area (Å²) in [7, 11) is 0. The molecule has 198 valence electrons. The minimum atomic E-state index is -1.40. The number of carboxylic acid groups (broad SMARTS) is 1. The molecular weight excluding hydrogens is 527 g/mol. The van der Waals surface area contributed by atoms with Crippen molar-refractivity contribution in [1.82, 2.24) is 4.90 Å². The Bertz CT molecular complexity index is 1370. The third kappa shape index (κ3) is 5.80. The Labute approximate surface area is 231 Å². The van der Waals surface area contributed by atoms with Gasteiger partial charge in [0.1, 0.15) is 12.8 Å². The van der Waals surface area contributed by atoms with Crippen LogP contribution in [-0.2, 0) is 12.8 Å². The Morgan fingerprint density at radius 1 is 1.00 bits per heavy atom. The molecule has 1 heterocycles. The Hall–Kier alpha value is -2.73. The van der Waals surface area contributed by atoms with Crippen LogP contribution in [0.25, 0.3) is 11.1 Å². The summed E-state index contributed by atoms with van der Waals surface area (Å²) in [6.45, 7) is 0.805. The highest BCUT2D eigenvalue weighted by Crippen LogP contribution is 2.42. The number of fused-ring (bicyclic) bond motifs is 1. The summed E-state index contributed by atoms with van der Waals surface area (Å²) >= 11 is 12.9. The van der Waals surface area contributed by atoms with Crippen molar-refractivity contribution in [3.8, 4) is 0 Å². The molecular formula is C31H29Cl2F2NO2. The van der Waals surface area contributed by atoms with Gasteiger partial charge in [-0.3, -0.25) is 4.90 Å². The molecule has 5 rings (SSSR count). The highest BCUT2D eigenvalue weighted by molar-refractivity contribution is 6.36. The van der Waals surface area contributed by atoms with Gasteiger partial charge in [-0.25, -0.2) is 13.6 Å². The van der Waals surface area contributed by atoms with E-state index in [2.05, 4.69) is 24.3 Å². The molecule has 1 aliphatic carbocycles. The number of rotatable bonds is 8. The summed E-state index contributed by atoms with van der Waals surface area (Å²) < 4.78 is 25.8. The van der Waals surface area contributed by atoms with E-state index in [0.29, 0.717) is 16.0 Å². The first-order chi connectivity index (χ1) is 18.3. The van der Waals surface area contributed by atoms with E-state index in [9.17, 15) is 18.7 Å². The average Bonchev–Trinajstić information content (AvgIpc) is 3.06. The van der Waals surface area contributed by atoms with E-state index < -0.39 is 18.8 Å². The Morgan fingerprint density at radius 2 is 1.74 bits per heavy atom. The van der Waals surface area contributed by atoms with Crippen molar-refractivity contribution in [2.24, 2.45) is 5.92 Å². The smallest absolute Gasteiger partial charge is 0.335 e. The van der Waals surface area contributed by atoms with E-state index in [1.165, 1.54) is 5.56 Å². The Morgan fingerprint density at radius 3 is 2.42 bits per heavy atom. The van der Waals surface area contributed by atoms with E-state index in [1.54, 1.807) is 18.2 Å². The summed E-state index contributed by atoms with van der Waals surface area (Å²) in [6, 6.07) is 19.4. The van der Waals surface area contributed by atoms with Crippen LogP contribution in [0, 0.1) is 5.92 Å². The first-order valence-electron chi connectivity index (χ1n) is 12.9. The molecule has 3 aromatic rings. The number of nitrogens with zero attached hydrogens (tertiary/aromatic N) is 1. The fourth-order valence-corrected chi connectivity index (χ4v) is 6.20. The van der Waals surface area contributed by atoms with Crippen LogP contribution in [0.2, 0.25) is 10.0 Å². The summed E-state index contributed by atoms with van der Waals surface area (Å²) in [5.41, 5.74) is 7.65. The summed E-state index contributed by atoms with van der Waals surface area (Å²) in [6.07, 6.45) is 1.92. The second-order valence-electron chi connectivity index (χ2n) is 10.2. The normalized spacial score (nSPS) is 17.1. The van der Waals surface area contributed by atoms with Crippen molar-refractivity contribution < 1.29 is 18.7 Å². The molecule has 1 N–H and O–H groups in total. The van der Waals surface area contributed by atoms with Crippen LogP contribution < -0.4 is 0 Å². The molecule has 0 spiro atoms. The maximum Gasteiger partial charge on any atom is 0.335 e. The standard InChI is InChI=1S/C31H29Cl2F2NO2/c32-24-9-11-27(29(33)14-24)28-3-1-2-22-13-23(31(37)38)8-10-26(22)30(28)21-6-4-19(5-7-21)12-20-16-36(17-20)18-25(35)15-34/h4-11,13-14,20,25H,1-3,12,15-18H2,(H,37,38). The topological polar surface area (TPSA) is 40.5 Å². The second-order valence-corrected chi connectivity index (χ2v) is 11.1. The molecule has 1 fully saturated rings. The van der Waals surface area contributed by atoms with E-state index in [1.807, 2.05) is 23.1 Å². The number of carboxylic acids is 1. The maximum absolute atomic E-state index is 13.3. The number of halogens is 4. The van der Waals surface area contributed by atoms with Gasteiger partial charge in [-0.15, -0.1) is 0 Å². The molecule has 38 heavy (non-hydrogen) atoms. The van der Waals surface area contributed by atoms with Gasteiger partial charge in [0.2, 0.25) is 0 Å². The Balaban J connectivity index is 1.48. The predicted octanol–water partition coefficient (Wildman–Crippen LogP) is 7.77. The maximum atomic E-state index is 13.3. The van der Waals surface area contributed by atoms with Crippen LogP contribution >= 0.6 is 23.2 Å². The lowest BCUT2D eigenvalue weighted by molar-refractivity contribution is 0.0637. The monoisotopic (exact) mass is 555 g/mol. The lowest BCUT2D eigenvalue weighted by atomic mass is 9.86. The van der Waals surface area contributed by atoms with Gasteiger partial charge in [-0.05, 0) is 94.8 Å². The van der Waals surface area contributed by atoms with Crippen LogP contribution in [0.4, 0.5) is 8.78 Å². The molecule has 0 radical (unpaired) electrons. The van der Waals surface area contributed by atoms with Crippen LogP contribution in [-0.4, -0.2) is 48.5 Å². The van der Waals surface area contributed by atoms with Crippen molar-refractivity contribution in [2.75, 3.05) is 26.3 Å². The fraction of sp³-hybridized carbons (Fsp3) is 0.323. The van der Waals surface area contributed by atoms with Crippen molar-refractivity contribution in [2.45, 2.75) is 31.9 Å². The highest BCUT2D eigenvalue weighted by atomic mass is 35.5. The van der Waals surface area contributed by atoms with Crippen LogP contribution in [0.3, 0.4) is 0 Å². The Kier molecular flexibility index (Phi) is 8.18. The van der Waals surface area contributed by atoms with Crippen molar-refractivity contribution in [1.29, 1.82) is 0 Å². The summed E-state index contributed by atoms with van der Waals surface area (Å²) in [5.74, 6) is -0.502. The molecule has 0 amide bonds. The third-order valence-electron chi connectivity index (χ3n) is 7.48. The minimum Gasteiger partial charge on any atom is -0.478 e. The van der Waals surface area contributed by atoms with Crippen molar-refractivity contribution in [3.05, 3.63) is 104 Å². The average molecular weight is 556 g/mol. The molecule has 0 saturated carbocycles. The number of hydrogen-bond donors (Lipinski definition) is 1. The van der Waals surface area contributed by atoms with E-state index in [0.717, 1.165) is 72.2 Å². The number of alkyl halides is 2.